The van der Waals surface area contributed by atoms with Gasteiger partial charge < -0.3 is 15.2 Å². The molecule has 1 saturated heterocycles. The summed E-state index contributed by atoms with van der Waals surface area (Å²) >= 11 is 0. The highest BCUT2D eigenvalue weighted by atomic mass is 16.5. The summed E-state index contributed by atoms with van der Waals surface area (Å²) in [6, 6.07) is 2.41. The molecule has 0 aliphatic carbocycles. The van der Waals surface area contributed by atoms with Crippen molar-refractivity contribution < 1.29 is 9.84 Å². The highest BCUT2D eigenvalue weighted by Gasteiger charge is 2.17. The molecule has 1 aromatic heterocycles. The molecule has 0 saturated carbocycles. The standard InChI is InChI=1S/C15H20N2O2/c1-12-15(19-11-14-6-7-16-14)9-13(10-17-12)5-3-2-4-8-18/h9-10,14,16,18H,2,4,6-8,11H2,1H3. The first-order valence-electron chi connectivity index (χ1n) is 6.72. The molecule has 1 aliphatic rings. The molecule has 0 radical (unpaired) electrons. The van der Waals surface area contributed by atoms with E-state index in [1.54, 1.807) is 6.20 Å². The lowest BCUT2D eigenvalue weighted by molar-refractivity contribution is 0.216. The molecular formula is C15H20N2O2. The van der Waals surface area contributed by atoms with Crippen molar-refractivity contribution in [2.24, 2.45) is 0 Å². The molecule has 19 heavy (non-hydrogen) atoms. The number of nitrogens with zero attached hydrogens (tertiary/aromatic N) is 1. The minimum absolute atomic E-state index is 0.184. The van der Waals surface area contributed by atoms with Crippen molar-refractivity contribution >= 4 is 0 Å². The Labute approximate surface area is 114 Å². The van der Waals surface area contributed by atoms with Gasteiger partial charge in [-0.1, -0.05) is 11.8 Å². The van der Waals surface area contributed by atoms with Gasteiger partial charge in [0.25, 0.3) is 0 Å². The molecule has 0 amide bonds. The van der Waals surface area contributed by atoms with E-state index in [4.69, 9.17) is 9.84 Å². The van der Waals surface area contributed by atoms with Crippen molar-refractivity contribution in [3.05, 3.63) is 23.5 Å². The summed E-state index contributed by atoms with van der Waals surface area (Å²) in [7, 11) is 0. The molecule has 0 spiro atoms. The van der Waals surface area contributed by atoms with E-state index in [1.165, 1.54) is 6.42 Å². The van der Waals surface area contributed by atoms with Gasteiger partial charge in [0.05, 0.1) is 5.69 Å². The highest BCUT2D eigenvalue weighted by molar-refractivity contribution is 5.40. The van der Waals surface area contributed by atoms with Crippen LogP contribution >= 0.6 is 0 Å². The average molecular weight is 260 g/mol. The fourth-order valence-electron chi connectivity index (χ4n) is 1.74. The molecule has 0 bridgehead atoms. The molecular weight excluding hydrogens is 240 g/mol. The molecule has 2 heterocycles. The zero-order valence-corrected chi connectivity index (χ0v) is 11.3. The van der Waals surface area contributed by atoms with E-state index in [2.05, 4.69) is 22.1 Å². The maximum Gasteiger partial charge on any atom is 0.141 e. The summed E-state index contributed by atoms with van der Waals surface area (Å²) in [5, 5.41) is 12.0. The number of hydrogen-bond acceptors (Lipinski definition) is 4. The number of ether oxygens (including phenoxy) is 1. The Bertz CT molecular complexity index is 473. The van der Waals surface area contributed by atoms with Crippen LogP contribution in [0.2, 0.25) is 0 Å². The van der Waals surface area contributed by atoms with Gasteiger partial charge in [-0.2, -0.15) is 0 Å². The highest BCUT2D eigenvalue weighted by Crippen LogP contribution is 2.17. The van der Waals surface area contributed by atoms with Crippen molar-refractivity contribution in [2.75, 3.05) is 19.8 Å². The Morgan fingerprint density at radius 3 is 3.11 bits per heavy atom. The predicted molar refractivity (Wildman–Crippen MR) is 74.1 cm³/mol. The number of hydrogen-bond donors (Lipinski definition) is 2. The van der Waals surface area contributed by atoms with Gasteiger partial charge in [0, 0.05) is 30.8 Å². The third kappa shape index (κ3) is 4.23. The Morgan fingerprint density at radius 1 is 1.58 bits per heavy atom. The van der Waals surface area contributed by atoms with Crippen LogP contribution in [0.1, 0.15) is 30.5 Å². The molecule has 2 rings (SSSR count). The largest absolute Gasteiger partial charge is 0.490 e. The summed E-state index contributed by atoms with van der Waals surface area (Å²) in [6.45, 7) is 3.89. The second kappa shape index (κ2) is 7.13. The number of nitrogens with one attached hydrogen (secondary N) is 1. The van der Waals surface area contributed by atoms with Crippen LogP contribution < -0.4 is 10.1 Å². The quantitative estimate of drug-likeness (QED) is 0.618. The smallest absolute Gasteiger partial charge is 0.141 e. The van der Waals surface area contributed by atoms with Gasteiger partial charge in [-0.25, -0.2) is 0 Å². The number of aryl methyl sites for hydroxylation is 1. The van der Waals surface area contributed by atoms with Crippen LogP contribution in [-0.4, -0.2) is 35.9 Å². The van der Waals surface area contributed by atoms with Crippen LogP contribution in [0.25, 0.3) is 0 Å². The first-order chi connectivity index (χ1) is 9.29. The van der Waals surface area contributed by atoms with Gasteiger partial charge >= 0.3 is 0 Å². The van der Waals surface area contributed by atoms with E-state index in [1.807, 2.05) is 13.0 Å². The van der Waals surface area contributed by atoms with E-state index in [0.29, 0.717) is 25.5 Å². The predicted octanol–water partition coefficient (Wildman–Crippen LogP) is 1.25. The summed E-state index contributed by atoms with van der Waals surface area (Å²) in [4.78, 5) is 4.30. The third-order valence-corrected chi connectivity index (χ3v) is 3.10. The zero-order chi connectivity index (χ0) is 13.5. The molecule has 0 aromatic carbocycles. The van der Waals surface area contributed by atoms with E-state index < -0.39 is 0 Å². The SMILES string of the molecule is Cc1ncc(C#CCCCO)cc1OCC1CCN1. The van der Waals surface area contributed by atoms with Crippen molar-refractivity contribution in [2.45, 2.75) is 32.2 Å². The van der Waals surface area contributed by atoms with Crippen LogP contribution in [-0.2, 0) is 0 Å². The first-order valence-corrected chi connectivity index (χ1v) is 6.72. The zero-order valence-electron chi connectivity index (χ0n) is 11.3. The second-order valence-corrected chi connectivity index (χ2v) is 4.69. The van der Waals surface area contributed by atoms with Crippen molar-refractivity contribution in [1.29, 1.82) is 0 Å². The number of aliphatic hydroxyl groups excluding tert-OH is 1. The van der Waals surface area contributed by atoms with Gasteiger partial charge in [-0.15, -0.1) is 0 Å². The van der Waals surface area contributed by atoms with Gasteiger partial charge in [0.1, 0.15) is 12.4 Å². The van der Waals surface area contributed by atoms with E-state index in [-0.39, 0.29) is 6.61 Å². The normalized spacial score (nSPS) is 17.3. The lowest BCUT2D eigenvalue weighted by Gasteiger charge is -2.27. The number of aliphatic hydroxyl groups is 1. The Morgan fingerprint density at radius 2 is 2.42 bits per heavy atom. The maximum absolute atomic E-state index is 8.69. The monoisotopic (exact) mass is 260 g/mol. The van der Waals surface area contributed by atoms with Gasteiger partial charge in [-0.05, 0) is 32.4 Å². The van der Waals surface area contributed by atoms with Crippen LogP contribution in [0.15, 0.2) is 12.3 Å². The minimum atomic E-state index is 0.184. The molecule has 1 unspecified atom stereocenters. The van der Waals surface area contributed by atoms with Crippen LogP contribution in [0.5, 0.6) is 5.75 Å². The number of aromatic nitrogens is 1. The Balaban J connectivity index is 1.94. The number of unbranched alkanes of at least 4 members (excludes halogenated alkanes) is 1. The van der Waals surface area contributed by atoms with E-state index >= 15 is 0 Å². The molecule has 4 heteroatoms. The summed E-state index contributed by atoms with van der Waals surface area (Å²) < 4.78 is 5.78. The second-order valence-electron chi connectivity index (χ2n) is 4.69. The lowest BCUT2D eigenvalue weighted by atomic mass is 10.1. The Kier molecular flexibility index (Phi) is 5.20. The molecule has 4 nitrogen and oxygen atoms in total. The third-order valence-electron chi connectivity index (χ3n) is 3.10. The summed E-state index contributed by atoms with van der Waals surface area (Å²) in [5.74, 6) is 6.87. The fourth-order valence-corrected chi connectivity index (χ4v) is 1.74. The fraction of sp³-hybridized carbons (Fsp3) is 0.533. The van der Waals surface area contributed by atoms with Gasteiger partial charge in [-0.3, -0.25) is 4.98 Å². The molecule has 1 aliphatic heterocycles. The summed E-state index contributed by atoms with van der Waals surface area (Å²) in [6.07, 6.45) is 4.35. The van der Waals surface area contributed by atoms with Crippen molar-refractivity contribution in [3.63, 3.8) is 0 Å². The minimum Gasteiger partial charge on any atom is -0.490 e. The Hall–Kier alpha value is -1.57. The van der Waals surface area contributed by atoms with Crippen LogP contribution in [0.4, 0.5) is 0 Å². The number of pyridine rings is 1. The van der Waals surface area contributed by atoms with Crippen molar-refractivity contribution in [1.82, 2.24) is 10.3 Å². The average Bonchev–Trinajstić information content (AvgIpc) is 2.36. The summed E-state index contributed by atoms with van der Waals surface area (Å²) in [5.41, 5.74) is 1.75. The van der Waals surface area contributed by atoms with Crippen LogP contribution in [0, 0.1) is 18.8 Å². The molecule has 2 N–H and O–H groups in total. The molecule has 1 aromatic rings. The van der Waals surface area contributed by atoms with Gasteiger partial charge in [0.2, 0.25) is 0 Å². The topological polar surface area (TPSA) is 54.4 Å². The number of rotatable bonds is 5. The first kappa shape index (κ1) is 13.9. The van der Waals surface area contributed by atoms with Crippen molar-refractivity contribution in [3.8, 4) is 17.6 Å². The molecule has 1 fully saturated rings. The maximum atomic E-state index is 8.69. The molecule has 102 valence electrons. The van der Waals surface area contributed by atoms with E-state index in [0.717, 1.165) is 23.6 Å². The van der Waals surface area contributed by atoms with Gasteiger partial charge in [0.15, 0.2) is 0 Å². The lowest BCUT2D eigenvalue weighted by Crippen LogP contribution is -2.46. The van der Waals surface area contributed by atoms with Crippen LogP contribution in [0.3, 0.4) is 0 Å². The van der Waals surface area contributed by atoms with E-state index in [9.17, 15) is 0 Å². The molecule has 1 atom stereocenters.